The molecule has 2 aromatic heterocycles. The van der Waals surface area contributed by atoms with E-state index in [-0.39, 0.29) is 29.3 Å². The Morgan fingerprint density at radius 3 is 2.68 bits per heavy atom. The number of benzene rings is 1. The van der Waals surface area contributed by atoms with E-state index in [1.807, 2.05) is 13.2 Å². The number of halogens is 1. The van der Waals surface area contributed by atoms with Gasteiger partial charge in [0.1, 0.15) is 11.6 Å². The van der Waals surface area contributed by atoms with E-state index in [0.29, 0.717) is 18.7 Å². The van der Waals surface area contributed by atoms with Crippen LogP contribution >= 0.6 is 0 Å². The summed E-state index contributed by atoms with van der Waals surface area (Å²) in [5, 5.41) is 3.13. The highest BCUT2D eigenvalue weighted by Gasteiger charge is 2.54. The third-order valence-corrected chi connectivity index (χ3v) is 8.29. The Morgan fingerprint density at radius 2 is 2.00 bits per heavy atom. The highest BCUT2D eigenvalue weighted by atomic mass is 19.1. The molecule has 2 fully saturated rings. The number of aromatic nitrogens is 4. The first kappa shape index (κ1) is 22.4. The van der Waals surface area contributed by atoms with Crippen LogP contribution in [0.3, 0.4) is 0 Å². The van der Waals surface area contributed by atoms with Crippen LogP contribution in [0.4, 0.5) is 15.9 Å². The number of rotatable bonds is 5. The van der Waals surface area contributed by atoms with Crippen molar-refractivity contribution in [3.05, 3.63) is 59.7 Å². The lowest BCUT2D eigenvalue weighted by atomic mass is 10.0. The van der Waals surface area contributed by atoms with Crippen molar-refractivity contribution in [2.75, 3.05) is 37.4 Å². The Morgan fingerprint density at radius 1 is 1.19 bits per heavy atom. The second-order valence-electron chi connectivity index (χ2n) is 10.6. The predicted octanol–water partition coefficient (Wildman–Crippen LogP) is 3.63. The molecule has 10 heteroatoms. The van der Waals surface area contributed by atoms with Crippen LogP contribution in [0, 0.1) is 11.2 Å². The van der Waals surface area contributed by atoms with Crippen molar-refractivity contribution in [2.45, 2.75) is 37.8 Å². The molecule has 0 amide bonds. The molecule has 9 nitrogen and oxygen atoms in total. The Kier molecular flexibility index (Phi) is 4.91. The first-order chi connectivity index (χ1) is 17.9. The minimum absolute atomic E-state index is 0.0906. The predicted molar refractivity (Wildman–Crippen MR) is 138 cm³/mol. The van der Waals surface area contributed by atoms with Crippen LogP contribution < -0.4 is 20.7 Å². The molecular formula is C27H29FN8O. The molecule has 2 aliphatic heterocycles. The van der Waals surface area contributed by atoms with E-state index in [1.54, 1.807) is 25.5 Å². The topological polar surface area (TPSA) is 105 Å². The van der Waals surface area contributed by atoms with Gasteiger partial charge in [-0.15, -0.1) is 0 Å². The summed E-state index contributed by atoms with van der Waals surface area (Å²) < 4.78 is 20.7. The second kappa shape index (κ2) is 8.11. The normalized spacial score (nSPS) is 22.5. The third kappa shape index (κ3) is 3.61. The monoisotopic (exact) mass is 500 g/mol. The molecule has 1 unspecified atom stereocenters. The van der Waals surface area contributed by atoms with Gasteiger partial charge < -0.3 is 25.6 Å². The van der Waals surface area contributed by atoms with E-state index >= 15 is 0 Å². The molecule has 2 atom stereocenters. The van der Waals surface area contributed by atoms with Gasteiger partial charge in [0.2, 0.25) is 0 Å². The van der Waals surface area contributed by atoms with Gasteiger partial charge in [-0.3, -0.25) is 0 Å². The van der Waals surface area contributed by atoms with E-state index in [2.05, 4.69) is 31.2 Å². The molecule has 3 N–H and O–H groups in total. The molecule has 1 spiro atoms. The van der Waals surface area contributed by atoms with Crippen molar-refractivity contribution in [1.82, 2.24) is 24.8 Å². The molecule has 4 heterocycles. The fourth-order valence-electron chi connectivity index (χ4n) is 6.00. The number of fused-ring (bicyclic) bond motifs is 3. The average molecular weight is 501 g/mol. The van der Waals surface area contributed by atoms with E-state index in [4.69, 9.17) is 20.4 Å². The Labute approximate surface area is 214 Å². The van der Waals surface area contributed by atoms with Crippen LogP contribution in [0.1, 0.15) is 42.4 Å². The zero-order valence-electron chi connectivity index (χ0n) is 20.9. The summed E-state index contributed by atoms with van der Waals surface area (Å²) in [6.07, 6.45) is 11.2. The van der Waals surface area contributed by atoms with Crippen LogP contribution in [0.2, 0.25) is 0 Å². The molecule has 4 aliphatic rings. The fourth-order valence-corrected chi connectivity index (χ4v) is 6.00. The maximum atomic E-state index is 14.6. The molecular weight excluding hydrogens is 471 g/mol. The average Bonchev–Trinajstić information content (AvgIpc) is 3.22. The summed E-state index contributed by atoms with van der Waals surface area (Å²) in [6.45, 7) is 1.54. The zero-order chi connectivity index (χ0) is 25.3. The summed E-state index contributed by atoms with van der Waals surface area (Å²) in [5.74, 6) is 1.67. The van der Waals surface area contributed by atoms with Gasteiger partial charge in [-0.1, -0.05) is 6.08 Å². The van der Waals surface area contributed by atoms with E-state index in [9.17, 15) is 4.39 Å². The van der Waals surface area contributed by atoms with Crippen LogP contribution in [-0.2, 0) is 6.42 Å². The largest absolute Gasteiger partial charge is 0.421 e. The SMILES string of the molecule is CNc1cc(F)cc2c1Cc1nc(Oc3cnc(C4CC=CN4C)nc3)nc(N3C[C@H](N)C4(CC4)C3)c1-2. The lowest BCUT2D eigenvalue weighted by molar-refractivity contribution is 0.350. The van der Waals surface area contributed by atoms with Gasteiger partial charge in [0.25, 0.3) is 0 Å². The highest BCUT2D eigenvalue weighted by Crippen LogP contribution is 2.54. The van der Waals surface area contributed by atoms with Crippen molar-refractivity contribution in [1.29, 1.82) is 0 Å². The summed E-state index contributed by atoms with van der Waals surface area (Å²) in [6, 6.07) is 3.56. The molecule has 1 saturated heterocycles. The maximum Gasteiger partial charge on any atom is 0.324 e. The maximum absolute atomic E-state index is 14.6. The third-order valence-electron chi connectivity index (χ3n) is 8.29. The van der Waals surface area contributed by atoms with Crippen LogP contribution in [-0.4, -0.2) is 58.1 Å². The van der Waals surface area contributed by atoms with Crippen molar-refractivity contribution >= 4 is 11.5 Å². The smallest absolute Gasteiger partial charge is 0.324 e. The number of nitrogens with zero attached hydrogens (tertiary/aromatic N) is 6. The van der Waals surface area contributed by atoms with Gasteiger partial charge in [0.05, 0.1) is 24.1 Å². The number of hydrogen-bond acceptors (Lipinski definition) is 9. The number of anilines is 2. The van der Waals surface area contributed by atoms with Crippen molar-refractivity contribution in [2.24, 2.45) is 11.1 Å². The van der Waals surface area contributed by atoms with Crippen LogP contribution in [0.25, 0.3) is 11.1 Å². The molecule has 3 aromatic rings. The van der Waals surface area contributed by atoms with Crippen molar-refractivity contribution in [3.63, 3.8) is 0 Å². The quantitative estimate of drug-likeness (QED) is 0.425. The lowest BCUT2D eigenvalue weighted by Gasteiger charge is -2.21. The highest BCUT2D eigenvalue weighted by molar-refractivity contribution is 5.88. The molecule has 0 bridgehead atoms. The lowest BCUT2D eigenvalue weighted by Crippen LogP contribution is -2.30. The first-order valence-electron chi connectivity index (χ1n) is 12.7. The van der Waals surface area contributed by atoms with E-state index < -0.39 is 0 Å². The number of nitrogens with one attached hydrogen (secondary N) is 1. The van der Waals surface area contributed by atoms with Gasteiger partial charge in [-0.05, 0) is 48.7 Å². The zero-order valence-corrected chi connectivity index (χ0v) is 20.9. The van der Waals surface area contributed by atoms with E-state index in [1.165, 1.54) is 6.07 Å². The molecule has 7 rings (SSSR count). The Hall–Kier alpha value is -3.79. The summed E-state index contributed by atoms with van der Waals surface area (Å²) in [7, 11) is 3.82. The molecule has 37 heavy (non-hydrogen) atoms. The standard InChI is InChI=1S/C27H29FN8O/c1-30-19-9-15(28)8-18-17(19)10-20-23(18)25(36-13-22(29)27(14-36)5-6-27)34-26(33-20)37-16-11-31-24(32-12-16)21-4-3-7-35(21)2/h3,7-9,11-12,21-22,30H,4-6,10,13-14,29H2,1-2H3/t21?,22-/m0/s1. The minimum Gasteiger partial charge on any atom is -0.421 e. The van der Waals surface area contributed by atoms with Gasteiger partial charge >= 0.3 is 6.01 Å². The second-order valence-corrected chi connectivity index (χ2v) is 10.6. The van der Waals surface area contributed by atoms with Crippen LogP contribution in [0.15, 0.2) is 36.8 Å². The first-order valence-corrected chi connectivity index (χ1v) is 12.7. The van der Waals surface area contributed by atoms with Crippen LogP contribution in [0.5, 0.6) is 11.8 Å². The number of hydrogen-bond donors (Lipinski definition) is 2. The van der Waals surface area contributed by atoms with Crippen molar-refractivity contribution < 1.29 is 9.13 Å². The number of nitrogens with two attached hydrogens (primary N) is 1. The van der Waals surface area contributed by atoms with Gasteiger partial charge in [0, 0.05) is 56.3 Å². The molecule has 190 valence electrons. The van der Waals surface area contributed by atoms with Gasteiger partial charge in [-0.25, -0.2) is 14.4 Å². The summed E-state index contributed by atoms with van der Waals surface area (Å²) >= 11 is 0. The van der Waals surface area contributed by atoms with Crippen molar-refractivity contribution in [3.8, 4) is 22.9 Å². The minimum atomic E-state index is -0.292. The molecule has 0 radical (unpaired) electrons. The molecule has 1 saturated carbocycles. The van der Waals surface area contributed by atoms with Gasteiger partial charge in [-0.2, -0.15) is 9.97 Å². The van der Waals surface area contributed by atoms with Gasteiger partial charge in [0.15, 0.2) is 11.6 Å². The Balaban J connectivity index is 1.26. The molecule has 2 aliphatic carbocycles. The summed E-state index contributed by atoms with van der Waals surface area (Å²) in [5.41, 5.74) is 11.0. The Bertz CT molecular complexity index is 1420. The number of ether oxygens (including phenoxy) is 1. The molecule has 1 aromatic carbocycles. The summed E-state index contributed by atoms with van der Waals surface area (Å²) in [4.78, 5) is 23.0. The van der Waals surface area contributed by atoms with E-state index in [0.717, 1.165) is 65.5 Å². The fraction of sp³-hybridized carbons (Fsp3) is 0.407.